The lowest BCUT2D eigenvalue weighted by molar-refractivity contribution is 0.601. The van der Waals surface area contributed by atoms with Gasteiger partial charge in [-0.1, -0.05) is 24.3 Å². The Balaban J connectivity index is 1.63. The minimum absolute atomic E-state index is 0.155. The summed E-state index contributed by atoms with van der Waals surface area (Å²) in [6.07, 6.45) is 6.49. The van der Waals surface area contributed by atoms with Crippen molar-refractivity contribution >= 4 is 37.5 Å². The van der Waals surface area contributed by atoms with E-state index in [-0.39, 0.29) is 10.7 Å². The topological polar surface area (TPSA) is 89.8 Å². The molecule has 0 aliphatic rings. The zero-order valence-electron chi connectivity index (χ0n) is 16.0. The van der Waals surface area contributed by atoms with E-state index in [2.05, 4.69) is 36.4 Å². The Morgan fingerprint density at radius 2 is 1.83 bits per heavy atom. The molecule has 7 nitrogen and oxygen atoms in total. The molecule has 0 atom stereocenters. The molecule has 0 aliphatic carbocycles. The zero-order chi connectivity index (χ0) is 20.7. The average Bonchev–Trinajstić information content (AvgIpc) is 3.14. The first-order chi connectivity index (χ1) is 14.5. The van der Waals surface area contributed by atoms with E-state index in [1.54, 1.807) is 24.4 Å². The number of nitrogens with one attached hydrogen (secondary N) is 1. The normalized spacial score (nSPS) is 11.8. The van der Waals surface area contributed by atoms with Crippen LogP contribution in [0.5, 0.6) is 0 Å². The van der Waals surface area contributed by atoms with E-state index in [4.69, 9.17) is 0 Å². The summed E-state index contributed by atoms with van der Waals surface area (Å²) in [6.45, 7) is 0. The molecule has 3 heterocycles. The van der Waals surface area contributed by atoms with Crippen LogP contribution < -0.4 is 4.72 Å². The van der Waals surface area contributed by atoms with Gasteiger partial charge in [-0.05, 0) is 35.7 Å². The third-order valence-electron chi connectivity index (χ3n) is 5.02. The molecule has 0 radical (unpaired) electrons. The van der Waals surface area contributed by atoms with Gasteiger partial charge in [0.15, 0.2) is 0 Å². The molecule has 3 aromatic heterocycles. The standard InChI is InChI=1S/C22H17N5O2S/c1-27-12-9-15-3-2-4-19(22(15)27)21-18-6-5-17(13-16(18)7-11-24-21)30(28,29)26-20-8-10-23-14-25-20/h2-14H,1H3,(H,23,25,26). The predicted molar refractivity (Wildman–Crippen MR) is 116 cm³/mol. The number of hydrogen-bond acceptors (Lipinski definition) is 5. The van der Waals surface area contributed by atoms with Crippen LogP contribution in [0.1, 0.15) is 0 Å². The van der Waals surface area contributed by atoms with Gasteiger partial charge in [-0.2, -0.15) is 0 Å². The summed E-state index contributed by atoms with van der Waals surface area (Å²) in [6, 6.07) is 16.5. The van der Waals surface area contributed by atoms with Crippen LogP contribution in [-0.4, -0.2) is 27.9 Å². The lowest BCUT2D eigenvalue weighted by atomic mass is 10.0. The predicted octanol–water partition coefficient (Wildman–Crippen LogP) is 3.98. The minimum Gasteiger partial charge on any atom is -0.350 e. The molecule has 0 amide bonds. The average molecular weight is 415 g/mol. The first kappa shape index (κ1) is 18.3. The fourth-order valence-corrected chi connectivity index (χ4v) is 4.68. The van der Waals surface area contributed by atoms with E-state index in [1.165, 1.54) is 18.6 Å². The van der Waals surface area contributed by atoms with Crippen molar-refractivity contribution < 1.29 is 8.42 Å². The van der Waals surface area contributed by atoms with Crippen LogP contribution >= 0.6 is 0 Å². The van der Waals surface area contributed by atoms with Crippen molar-refractivity contribution in [2.24, 2.45) is 7.05 Å². The summed E-state index contributed by atoms with van der Waals surface area (Å²) >= 11 is 0. The number of pyridine rings is 1. The van der Waals surface area contributed by atoms with Gasteiger partial charge in [0.2, 0.25) is 0 Å². The summed E-state index contributed by atoms with van der Waals surface area (Å²) in [5, 5.41) is 2.80. The molecule has 0 saturated carbocycles. The summed E-state index contributed by atoms with van der Waals surface area (Å²) in [7, 11) is -1.78. The zero-order valence-corrected chi connectivity index (χ0v) is 16.8. The number of fused-ring (bicyclic) bond motifs is 2. The van der Waals surface area contributed by atoms with Crippen LogP contribution in [0.25, 0.3) is 32.9 Å². The number of benzene rings is 2. The third-order valence-corrected chi connectivity index (χ3v) is 6.37. The van der Waals surface area contributed by atoms with Crippen molar-refractivity contribution in [1.82, 2.24) is 19.5 Å². The molecule has 1 N–H and O–H groups in total. The molecule has 5 aromatic rings. The number of sulfonamides is 1. The third kappa shape index (κ3) is 3.07. The van der Waals surface area contributed by atoms with Crippen molar-refractivity contribution in [1.29, 1.82) is 0 Å². The number of anilines is 1. The number of hydrogen-bond donors (Lipinski definition) is 1. The lowest BCUT2D eigenvalue weighted by Crippen LogP contribution is -2.13. The van der Waals surface area contributed by atoms with E-state index in [1.807, 2.05) is 31.4 Å². The van der Waals surface area contributed by atoms with Crippen LogP contribution in [0, 0.1) is 0 Å². The Labute approximate surface area is 173 Å². The lowest BCUT2D eigenvalue weighted by Gasteiger charge is -2.11. The molecular formula is C22H17N5O2S. The van der Waals surface area contributed by atoms with Gasteiger partial charge < -0.3 is 4.57 Å². The largest absolute Gasteiger partial charge is 0.350 e. The fraction of sp³-hybridized carbons (Fsp3) is 0.0455. The Kier molecular flexibility index (Phi) is 4.22. The van der Waals surface area contributed by atoms with Gasteiger partial charge in [-0.15, -0.1) is 0 Å². The Bertz CT molecular complexity index is 1490. The molecular weight excluding hydrogens is 398 g/mol. The maximum atomic E-state index is 12.8. The smallest absolute Gasteiger partial charge is 0.263 e. The van der Waals surface area contributed by atoms with E-state index in [0.717, 1.165) is 32.9 Å². The molecule has 0 unspecified atom stereocenters. The van der Waals surface area contributed by atoms with Crippen molar-refractivity contribution in [3.05, 3.63) is 79.5 Å². The van der Waals surface area contributed by atoms with Crippen molar-refractivity contribution in [2.75, 3.05) is 4.72 Å². The number of para-hydroxylation sites is 1. The number of nitrogens with zero attached hydrogens (tertiary/aromatic N) is 4. The second-order valence-corrected chi connectivity index (χ2v) is 8.60. The maximum Gasteiger partial charge on any atom is 0.263 e. The summed E-state index contributed by atoms with van der Waals surface area (Å²) in [5.74, 6) is 0.218. The van der Waals surface area contributed by atoms with Gasteiger partial charge in [0.05, 0.1) is 16.1 Å². The Morgan fingerprint density at radius 3 is 2.67 bits per heavy atom. The molecule has 2 aromatic carbocycles. The van der Waals surface area contributed by atoms with Gasteiger partial charge in [0, 0.05) is 42.0 Å². The van der Waals surface area contributed by atoms with Crippen LogP contribution in [0.15, 0.2) is 84.4 Å². The Hall–Kier alpha value is -3.78. The number of aromatic nitrogens is 4. The van der Waals surface area contributed by atoms with Gasteiger partial charge >= 0.3 is 0 Å². The molecule has 5 rings (SSSR count). The molecule has 0 aliphatic heterocycles. The maximum absolute atomic E-state index is 12.8. The molecule has 30 heavy (non-hydrogen) atoms. The van der Waals surface area contributed by atoms with E-state index < -0.39 is 10.0 Å². The van der Waals surface area contributed by atoms with E-state index in [0.29, 0.717) is 0 Å². The van der Waals surface area contributed by atoms with Crippen molar-refractivity contribution in [3.8, 4) is 11.3 Å². The molecule has 0 bridgehead atoms. The number of aryl methyl sites for hydroxylation is 1. The molecule has 0 spiro atoms. The van der Waals surface area contributed by atoms with Crippen LogP contribution in [0.3, 0.4) is 0 Å². The van der Waals surface area contributed by atoms with Crippen molar-refractivity contribution in [3.63, 3.8) is 0 Å². The quantitative estimate of drug-likeness (QED) is 0.479. The first-order valence-electron chi connectivity index (χ1n) is 9.25. The summed E-state index contributed by atoms with van der Waals surface area (Å²) in [5.41, 5.74) is 2.90. The van der Waals surface area contributed by atoms with Gasteiger partial charge in [0.25, 0.3) is 10.0 Å². The summed E-state index contributed by atoms with van der Waals surface area (Å²) < 4.78 is 30.1. The van der Waals surface area contributed by atoms with Crippen LogP contribution in [0.4, 0.5) is 5.82 Å². The first-order valence-corrected chi connectivity index (χ1v) is 10.7. The van der Waals surface area contributed by atoms with Crippen molar-refractivity contribution in [2.45, 2.75) is 4.90 Å². The minimum atomic E-state index is -3.78. The van der Waals surface area contributed by atoms with E-state index >= 15 is 0 Å². The second kappa shape index (κ2) is 6.93. The monoisotopic (exact) mass is 415 g/mol. The van der Waals surface area contributed by atoms with Crippen LogP contribution in [0.2, 0.25) is 0 Å². The fourth-order valence-electron chi connectivity index (χ4n) is 3.63. The molecule has 148 valence electrons. The molecule has 0 fully saturated rings. The van der Waals surface area contributed by atoms with Crippen LogP contribution in [-0.2, 0) is 17.1 Å². The second-order valence-electron chi connectivity index (χ2n) is 6.91. The molecule has 8 heteroatoms. The SMILES string of the molecule is Cn1ccc2cccc(-c3nccc4cc(S(=O)(=O)Nc5ccncn5)ccc34)c21. The highest BCUT2D eigenvalue weighted by Crippen LogP contribution is 2.33. The van der Waals surface area contributed by atoms with Gasteiger partial charge in [-0.25, -0.2) is 18.4 Å². The highest BCUT2D eigenvalue weighted by Gasteiger charge is 2.17. The van der Waals surface area contributed by atoms with E-state index in [9.17, 15) is 8.42 Å². The van der Waals surface area contributed by atoms with Gasteiger partial charge in [0.1, 0.15) is 12.1 Å². The Morgan fingerprint density at radius 1 is 0.933 bits per heavy atom. The molecule has 0 saturated heterocycles. The highest BCUT2D eigenvalue weighted by atomic mass is 32.2. The van der Waals surface area contributed by atoms with Gasteiger partial charge in [-0.3, -0.25) is 9.71 Å². The summed E-state index contributed by atoms with van der Waals surface area (Å²) in [4.78, 5) is 12.5. The number of rotatable bonds is 4. The highest BCUT2D eigenvalue weighted by molar-refractivity contribution is 7.92.